The zero-order chi connectivity index (χ0) is 19.8. The SMILES string of the molecule is O=C(N[C@@H]1c2ccccc2OC[C@H]1O)OCC1c2ccccc2-c2ccccc21. The lowest BCUT2D eigenvalue weighted by molar-refractivity contribution is 0.0507. The number of fused-ring (bicyclic) bond motifs is 4. The second-order valence-electron chi connectivity index (χ2n) is 7.36. The van der Waals surface area contributed by atoms with Crippen molar-refractivity contribution in [2.24, 2.45) is 0 Å². The van der Waals surface area contributed by atoms with Gasteiger partial charge in [-0.15, -0.1) is 0 Å². The first-order valence-corrected chi connectivity index (χ1v) is 9.73. The smallest absolute Gasteiger partial charge is 0.407 e. The summed E-state index contributed by atoms with van der Waals surface area (Å²) in [6.45, 7) is 0.367. The summed E-state index contributed by atoms with van der Waals surface area (Å²) in [6, 6.07) is 23.3. The third-order valence-corrected chi connectivity index (χ3v) is 5.67. The van der Waals surface area contributed by atoms with Gasteiger partial charge in [0.1, 0.15) is 25.1 Å². The van der Waals surface area contributed by atoms with Crippen molar-refractivity contribution in [3.8, 4) is 16.9 Å². The first-order chi connectivity index (χ1) is 14.2. The van der Waals surface area contributed by atoms with Crippen LogP contribution in [0, 0.1) is 0 Å². The Morgan fingerprint density at radius 2 is 1.52 bits per heavy atom. The quantitative estimate of drug-likeness (QED) is 0.712. The Morgan fingerprint density at radius 3 is 2.21 bits per heavy atom. The number of amides is 1. The molecule has 1 aliphatic carbocycles. The Balaban J connectivity index is 1.32. The van der Waals surface area contributed by atoms with Gasteiger partial charge in [-0.05, 0) is 28.3 Å². The second-order valence-corrected chi connectivity index (χ2v) is 7.36. The second kappa shape index (κ2) is 7.26. The summed E-state index contributed by atoms with van der Waals surface area (Å²) >= 11 is 0. The fourth-order valence-electron chi connectivity index (χ4n) is 4.29. The van der Waals surface area contributed by atoms with E-state index < -0.39 is 18.2 Å². The molecule has 0 saturated carbocycles. The highest BCUT2D eigenvalue weighted by Gasteiger charge is 2.32. The third kappa shape index (κ3) is 3.13. The van der Waals surface area contributed by atoms with Crippen LogP contribution in [0.2, 0.25) is 0 Å². The molecule has 0 aromatic heterocycles. The van der Waals surface area contributed by atoms with Gasteiger partial charge in [0.2, 0.25) is 0 Å². The molecule has 0 fully saturated rings. The molecule has 0 spiro atoms. The Bertz CT molecular complexity index is 1020. The van der Waals surface area contributed by atoms with Gasteiger partial charge < -0.3 is 19.9 Å². The maximum Gasteiger partial charge on any atom is 0.407 e. The lowest BCUT2D eigenvalue weighted by Crippen LogP contribution is -2.42. The largest absolute Gasteiger partial charge is 0.490 e. The number of ether oxygens (including phenoxy) is 2. The number of aliphatic hydroxyl groups excluding tert-OH is 1. The standard InChI is InChI=1S/C24H21NO4/c26-21-14-28-22-12-6-5-11-19(22)23(21)25-24(27)29-13-20-17-9-3-1-7-15(17)16-8-2-4-10-18(16)20/h1-12,20-21,23,26H,13-14H2,(H,25,27)/t21-,23-/m1/s1. The van der Waals surface area contributed by atoms with E-state index in [1.54, 1.807) is 0 Å². The lowest BCUT2D eigenvalue weighted by atomic mass is 9.98. The molecule has 0 unspecified atom stereocenters. The number of nitrogens with one attached hydrogen (secondary N) is 1. The van der Waals surface area contributed by atoms with Crippen LogP contribution in [0.25, 0.3) is 11.1 Å². The minimum Gasteiger partial charge on any atom is -0.490 e. The molecule has 5 rings (SSSR count). The molecular weight excluding hydrogens is 366 g/mol. The number of carbonyl (C=O) groups excluding carboxylic acids is 1. The van der Waals surface area contributed by atoms with Gasteiger partial charge >= 0.3 is 6.09 Å². The molecule has 0 bridgehead atoms. The summed E-state index contributed by atoms with van der Waals surface area (Å²) in [4.78, 5) is 12.6. The molecule has 2 atom stereocenters. The van der Waals surface area contributed by atoms with Gasteiger partial charge in [0.15, 0.2) is 0 Å². The molecule has 0 radical (unpaired) electrons. The minimum absolute atomic E-state index is 0.0000453. The highest BCUT2D eigenvalue weighted by Crippen LogP contribution is 2.44. The molecule has 29 heavy (non-hydrogen) atoms. The Kier molecular flexibility index (Phi) is 4.45. The Labute approximate surface area is 168 Å². The molecule has 3 aromatic rings. The van der Waals surface area contributed by atoms with E-state index in [1.807, 2.05) is 48.5 Å². The average molecular weight is 387 g/mol. The fraction of sp³-hybridized carbons (Fsp3) is 0.208. The summed E-state index contributed by atoms with van der Waals surface area (Å²) in [6.07, 6.45) is -1.38. The van der Waals surface area contributed by atoms with Crippen LogP contribution >= 0.6 is 0 Å². The van der Waals surface area contributed by atoms with Crippen LogP contribution in [0.5, 0.6) is 5.75 Å². The number of para-hydroxylation sites is 1. The van der Waals surface area contributed by atoms with Crippen molar-refractivity contribution in [2.45, 2.75) is 18.1 Å². The first kappa shape index (κ1) is 17.8. The van der Waals surface area contributed by atoms with Gasteiger partial charge in [-0.25, -0.2) is 4.79 Å². The number of hydrogen-bond acceptors (Lipinski definition) is 4. The summed E-state index contributed by atoms with van der Waals surface area (Å²) in [7, 11) is 0. The maximum absolute atomic E-state index is 12.6. The molecule has 5 nitrogen and oxygen atoms in total. The number of rotatable bonds is 3. The molecule has 5 heteroatoms. The summed E-state index contributed by atoms with van der Waals surface area (Å²) in [5.41, 5.74) is 5.45. The van der Waals surface area contributed by atoms with Crippen LogP contribution in [0.15, 0.2) is 72.8 Å². The van der Waals surface area contributed by atoms with E-state index in [9.17, 15) is 9.90 Å². The van der Waals surface area contributed by atoms with Crippen molar-refractivity contribution in [2.75, 3.05) is 13.2 Å². The normalized spacial score (nSPS) is 19.5. The molecule has 146 valence electrons. The van der Waals surface area contributed by atoms with Gasteiger partial charge in [0, 0.05) is 11.5 Å². The number of carbonyl (C=O) groups is 1. The van der Waals surface area contributed by atoms with Crippen LogP contribution in [0.1, 0.15) is 28.7 Å². The minimum atomic E-state index is -0.828. The molecule has 2 N–H and O–H groups in total. The van der Waals surface area contributed by atoms with E-state index in [0.29, 0.717) is 5.75 Å². The fourth-order valence-corrected chi connectivity index (χ4v) is 4.29. The van der Waals surface area contributed by atoms with E-state index >= 15 is 0 Å². The van der Waals surface area contributed by atoms with E-state index in [0.717, 1.165) is 16.7 Å². The highest BCUT2D eigenvalue weighted by atomic mass is 16.5. The van der Waals surface area contributed by atoms with Gasteiger partial charge in [0.05, 0.1) is 6.04 Å². The summed E-state index contributed by atoms with van der Waals surface area (Å²) in [5.74, 6) is 0.668. The number of hydrogen-bond donors (Lipinski definition) is 2. The number of benzene rings is 3. The summed E-state index contributed by atoms with van der Waals surface area (Å²) < 4.78 is 11.1. The average Bonchev–Trinajstić information content (AvgIpc) is 3.08. The van der Waals surface area contributed by atoms with Crippen LogP contribution in [0.4, 0.5) is 4.79 Å². The van der Waals surface area contributed by atoms with Crippen molar-refractivity contribution in [3.05, 3.63) is 89.5 Å². The van der Waals surface area contributed by atoms with E-state index in [-0.39, 0.29) is 19.1 Å². The predicted molar refractivity (Wildman–Crippen MR) is 109 cm³/mol. The van der Waals surface area contributed by atoms with E-state index in [4.69, 9.17) is 9.47 Å². The third-order valence-electron chi connectivity index (χ3n) is 5.67. The maximum atomic E-state index is 12.6. The zero-order valence-electron chi connectivity index (χ0n) is 15.7. The zero-order valence-corrected chi connectivity index (χ0v) is 15.7. The van der Waals surface area contributed by atoms with E-state index in [2.05, 4.69) is 29.6 Å². The topological polar surface area (TPSA) is 67.8 Å². The molecule has 0 saturated heterocycles. The lowest BCUT2D eigenvalue weighted by Gasteiger charge is -2.30. The van der Waals surface area contributed by atoms with Crippen LogP contribution < -0.4 is 10.1 Å². The molecule has 1 amide bonds. The van der Waals surface area contributed by atoms with E-state index in [1.165, 1.54) is 11.1 Å². The Hall–Kier alpha value is -3.31. The summed E-state index contributed by atoms with van der Waals surface area (Å²) in [5, 5.41) is 13.1. The highest BCUT2D eigenvalue weighted by molar-refractivity contribution is 5.79. The van der Waals surface area contributed by atoms with Gasteiger partial charge in [-0.3, -0.25) is 0 Å². The molecule has 1 aliphatic heterocycles. The van der Waals surface area contributed by atoms with Gasteiger partial charge in [-0.1, -0.05) is 66.7 Å². The van der Waals surface area contributed by atoms with Gasteiger partial charge in [0.25, 0.3) is 0 Å². The first-order valence-electron chi connectivity index (χ1n) is 9.73. The van der Waals surface area contributed by atoms with Gasteiger partial charge in [-0.2, -0.15) is 0 Å². The van der Waals surface area contributed by atoms with Crippen molar-refractivity contribution >= 4 is 6.09 Å². The Morgan fingerprint density at radius 1 is 0.931 bits per heavy atom. The molecule has 3 aromatic carbocycles. The molecule has 1 heterocycles. The molecule has 2 aliphatic rings. The molecular formula is C24H21NO4. The van der Waals surface area contributed by atoms with Crippen LogP contribution in [0.3, 0.4) is 0 Å². The monoisotopic (exact) mass is 387 g/mol. The van der Waals surface area contributed by atoms with Crippen LogP contribution in [-0.4, -0.2) is 30.5 Å². The van der Waals surface area contributed by atoms with Crippen molar-refractivity contribution in [3.63, 3.8) is 0 Å². The van der Waals surface area contributed by atoms with Crippen molar-refractivity contribution < 1.29 is 19.4 Å². The predicted octanol–water partition coefficient (Wildman–Crippen LogP) is 4.02. The number of aliphatic hydroxyl groups is 1. The van der Waals surface area contributed by atoms with Crippen LogP contribution in [-0.2, 0) is 4.74 Å². The number of alkyl carbamates (subject to hydrolysis) is 1. The van der Waals surface area contributed by atoms with Crippen molar-refractivity contribution in [1.29, 1.82) is 0 Å². The van der Waals surface area contributed by atoms with Crippen molar-refractivity contribution in [1.82, 2.24) is 5.32 Å².